The van der Waals surface area contributed by atoms with Crippen LogP contribution >= 0.6 is 0 Å². The van der Waals surface area contributed by atoms with Crippen LogP contribution in [0.25, 0.3) is 0 Å². The number of alkyl halides is 2. The summed E-state index contributed by atoms with van der Waals surface area (Å²) in [4.78, 5) is 13.7. The molecule has 0 bridgehead atoms. The fourth-order valence-corrected chi connectivity index (χ4v) is 1.14. The van der Waals surface area contributed by atoms with E-state index in [4.69, 9.17) is 10.8 Å². The number of aliphatic hydroxyl groups excluding tert-OH is 1. The first-order chi connectivity index (χ1) is 6.61. The number of hydrogen-bond donors (Lipinski definition) is 3. The third-order valence-electron chi connectivity index (χ3n) is 1.88. The third kappa shape index (κ3) is 1.80. The van der Waals surface area contributed by atoms with Gasteiger partial charge in [-0.3, -0.25) is 4.79 Å². The van der Waals surface area contributed by atoms with Crippen molar-refractivity contribution in [3.8, 4) is 0 Å². The lowest BCUT2D eigenvalue weighted by Crippen LogP contribution is -2.21. The molecule has 1 rings (SSSR count). The molecule has 0 aliphatic carbocycles. The second-order valence-electron chi connectivity index (χ2n) is 2.70. The Morgan fingerprint density at radius 3 is 2.64 bits per heavy atom. The first-order valence-corrected chi connectivity index (χ1v) is 3.94. The predicted molar refractivity (Wildman–Crippen MR) is 45.8 cm³/mol. The van der Waals surface area contributed by atoms with E-state index < -0.39 is 24.0 Å². The zero-order valence-electron chi connectivity index (χ0n) is 7.26. The molecular formula is C8H10F2N2O2. The number of H-pyrrole nitrogens is 1. The Kier molecular flexibility index (Phi) is 3.32. The molecule has 4 nitrogen and oxygen atoms in total. The molecule has 1 aromatic rings. The summed E-state index contributed by atoms with van der Waals surface area (Å²) in [6.07, 6.45) is -1.67. The van der Waals surface area contributed by atoms with E-state index in [1.54, 1.807) is 0 Å². The highest BCUT2D eigenvalue weighted by Crippen LogP contribution is 2.18. The van der Waals surface area contributed by atoms with Crippen LogP contribution in [0.1, 0.15) is 23.2 Å². The standard InChI is InChI=1S/C8H10F2N2O2/c9-8(10)6-5(3-13)12-2-4(1-11)7(6)14/h2,8,13H,1,3,11H2,(H,12,14). The zero-order valence-corrected chi connectivity index (χ0v) is 7.26. The molecule has 0 unspecified atom stereocenters. The van der Waals surface area contributed by atoms with Gasteiger partial charge in [-0.05, 0) is 0 Å². The van der Waals surface area contributed by atoms with E-state index in [0.717, 1.165) is 0 Å². The SMILES string of the molecule is NCc1c[nH]c(CO)c(C(F)F)c1=O. The lowest BCUT2D eigenvalue weighted by atomic mass is 10.1. The Morgan fingerprint density at radius 2 is 2.21 bits per heavy atom. The number of halogens is 2. The molecule has 0 radical (unpaired) electrons. The van der Waals surface area contributed by atoms with Gasteiger partial charge in [0.15, 0.2) is 5.43 Å². The molecule has 0 aliphatic rings. The molecule has 0 aliphatic heterocycles. The third-order valence-corrected chi connectivity index (χ3v) is 1.88. The molecule has 1 heterocycles. The molecule has 14 heavy (non-hydrogen) atoms. The van der Waals surface area contributed by atoms with Crippen molar-refractivity contribution in [2.75, 3.05) is 0 Å². The fraction of sp³-hybridized carbons (Fsp3) is 0.375. The average molecular weight is 204 g/mol. The van der Waals surface area contributed by atoms with Crippen LogP contribution in [-0.2, 0) is 13.2 Å². The minimum atomic E-state index is -2.91. The van der Waals surface area contributed by atoms with Gasteiger partial charge in [0, 0.05) is 18.3 Å². The summed E-state index contributed by atoms with van der Waals surface area (Å²) in [6.45, 7) is -0.736. The average Bonchev–Trinajstić information content (AvgIpc) is 2.16. The van der Waals surface area contributed by atoms with Crippen LogP contribution in [-0.4, -0.2) is 10.1 Å². The summed E-state index contributed by atoms with van der Waals surface area (Å²) in [6, 6.07) is 0. The molecule has 0 amide bonds. The number of nitrogens with two attached hydrogens (primary N) is 1. The minimum absolute atomic E-state index is 0.0810. The highest BCUT2D eigenvalue weighted by molar-refractivity contribution is 5.26. The lowest BCUT2D eigenvalue weighted by Gasteiger charge is -2.07. The van der Waals surface area contributed by atoms with Gasteiger partial charge in [-0.2, -0.15) is 0 Å². The lowest BCUT2D eigenvalue weighted by molar-refractivity contribution is 0.144. The van der Waals surface area contributed by atoms with Crippen LogP contribution in [0.4, 0.5) is 8.78 Å². The summed E-state index contributed by atoms with van der Waals surface area (Å²) in [7, 11) is 0. The van der Waals surface area contributed by atoms with E-state index >= 15 is 0 Å². The van der Waals surface area contributed by atoms with Crippen molar-refractivity contribution in [3.63, 3.8) is 0 Å². The first-order valence-electron chi connectivity index (χ1n) is 3.94. The van der Waals surface area contributed by atoms with Crippen LogP contribution in [0.5, 0.6) is 0 Å². The number of aromatic amines is 1. The summed E-state index contributed by atoms with van der Waals surface area (Å²) in [5.74, 6) is 0. The maximum absolute atomic E-state index is 12.4. The number of rotatable bonds is 3. The molecule has 6 heteroatoms. The van der Waals surface area contributed by atoms with Gasteiger partial charge in [0.05, 0.1) is 17.9 Å². The van der Waals surface area contributed by atoms with E-state index in [-0.39, 0.29) is 17.8 Å². The monoisotopic (exact) mass is 204 g/mol. The van der Waals surface area contributed by atoms with Crippen molar-refractivity contribution in [2.45, 2.75) is 19.6 Å². The predicted octanol–water partition coefficient (Wildman–Crippen LogP) is 0.264. The number of nitrogens with one attached hydrogen (secondary N) is 1. The molecule has 0 fully saturated rings. The number of hydrogen-bond acceptors (Lipinski definition) is 3. The van der Waals surface area contributed by atoms with Gasteiger partial charge in [-0.15, -0.1) is 0 Å². The van der Waals surface area contributed by atoms with Crippen molar-refractivity contribution in [2.24, 2.45) is 5.73 Å². The van der Waals surface area contributed by atoms with Crippen LogP contribution < -0.4 is 11.2 Å². The van der Waals surface area contributed by atoms with Gasteiger partial charge in [0.25, 0.3) is 6.43 Å². The van der Waals surface area contributed by atoms with Crippen LogP contribution in [0, 0.1) is 0 Å². The van der Waals surface area contributed by atoms with Crippen LogP contribution in [0.15, 0.2) is 11.0 Å². The molecule has 1 aromatic heterocycles. The number of aromatic nitrogens is 1. The maximum atomic E-state index is 12.4. The largest absolute Gasteiger partial charge is 0.390 e. The maximum Gasteiger partial charge on any atom is 0.269 e. The van der Waals surface area contributed by atoms with Gasteiger partial charge in [-0.25, -0.2) is 8.78 Å². The van der Waals surface area contributed by atoms with Gasteiger partial charge in [-0.1, -0.05) is 0 Å². The Morgan fingerprint density at radius 1 is 1.57 bits per heavy atom. The van der Waals surface area contributed by atoms with E-state index in [1.165, 1.54) is 6.20 Å². The molecule has 0 aromatic carbocycles. The van der Waals surface area contributed by atoms with E-state index in [1.807, 2.05) is 0 Å². The normalized spacial score (nSPS) is 10.9. The van der Waals surface area contributed by atoms with Crippen molar-refractivity contribution >= 4 is 0 Å². The van der Waals surface area contributed by atoms with Crippen LogP contribution in [0.2, 0.25) is 0 Å². The second kappa shape index (κ2) is 4.30. The Bertz CT molecular complexity index is 376. The van der Waals surface area contributed by atoms with E-state index in [2.05, 4.69) is 4.98 Å². The van der Waals surface area contributed by atoms with Gasteiger partial charge >= 0.3 is 0 Å². The van der Waals surface area contributed by atoms with Gasteiger partial charge in [0.1, 0.15) is 0 Å². The number of aliphatic hydroxyl groups is 1. The van der Waals surface area contributed by atoms with Crippen molar-refractivity contribution < 1.29 is 13.9 Å². The zero-order chi connectivity index (χ0) is 10.7. The van der Waals surface area contributed by atoms with Gasteiger partial charge in [0.2, 0.25) is 0 Å². The van der Waals surface area contributed by atoms with E-state index in [0.29, 0.717) is 0 Å². The molecule has 0 saturated carbocycles. The Labute approximate surface area is 78.4 Å². The van der Waals surface area contributed by atoms with Crippen molar-refractivity contribution in [1.82, 2.24) is 4.98 Å². The van der Waals surface area contributed by atoms with Crippen LogP contribution in [0.3, 0.4) is 0 Å². The molecule has 0 spiro atoms. The molecular weight excluding hydrogens is 194 g/mol. The van der Waals surface area contributed by atoms with Crippen molar-refractivity contribution in [3.05, 3.63) is 33.2 Å². The highest BCUT2D eigenvalue weighted by Gasteiger charge is 2.18. The minimum Gasteiger partial charge on any atom is -0.390 e. The molecule has 78 valence electrons. The first kappa shape index (κ1) is 10.8. The molecule has 0 atom stereocenters. The van der Waals surface area contributed by atoms with Crippen molar-refractivity contribution in [1.29, 1.82) is 0 Å². The van der Waals surface area contributed by atoms with Gasteiger partial charge < -0.3 is 15.8 Å². The summed E-state index contributed by atoms with van der Waals surface area (Å²) in [5.41, 5.74) is 3.60. The molecule has 4 N–H and O–H groups in total. The second-order valence-corrected chi connectivity index (χ2v) is 2.70. The number of pyridine rings is 1. The summed E-state index contributed by atoms with van der Waals surface area (Å²) in [5, 5.41) is 8.72. The smallest absolute Gasteiger partial charge is 0.269 e. The van der Waals surface area contributed by atoms with E-state index in [9.17, 15) is 13.6 Å². The fourth-order valence-electron chi connectivity index (χ4n) is 1.14. The summed E-state index contributed by atoms with van der Waals surface area (Å²) >= 11 is 0. The molecule has 0 saturated heterocycles. The quantitative estimate of drug-likeness (QED) is 0.660. The Hall–Kier alpha value is -1.27. The topological polar surface area (TPSA) is 79.1 Å². The Balaban J connectivity index is 3.39. The summed E-state index contributed by atoms with van der Waals surface area (Å²) < 4.78 is 24.8. The highest BCUT2D eigenvalue weighted by atomic mass is 19.3.